The average Bonchev–Trinajstić information content (AvgIpc) is 2.91. The summed E-state index contributed by atoms with van der Waals surface area (Å²) in [7, 11) is 0. The second kappa shape index (κ2) is 5.33. The lowest BCUT2D eigenvalue weighted by Gasteiger charge is -2.28. The van der Waals surface area contributed by atoms with Crippen molar-refractivity contribution in [1.82, 2.24) is 10.2 Å². The van der Waals surface area contributed by atoms with Crippen LogP contribution in [0.4, 0.5) is 0 Å². The van der Waals surface area contributed by atoms with E-state index >= 15 is 0 Å². The van der Waals surface area contributed by atoms with Gasteiger partial charge >= 0.3 is 0 Å². The Hall–Kier alpha value is -0.340. The molecule has 1 saturated carbocycles. The first kappa shape index (κ1) is 12.1. The molecule has 0 aromatic heterocycles. The quantitative estimate of drug-likeness (QED) is 0.694. The molecule has 2 rings (SSSR count). The Morgan fingerprint density at radius 3 is 2.50 bits per heavy atom. The Labute approximate surface area is 100 Å². The summed E-state index contributed by atoms with van der Waals surface area (Å²) < 4.78 is 0. The Balaban J connectivity index is 1.82. The molecule has 0 spiro atoms. The SMILES string of the molecule is CC(CN(CCC(C)C)C1CC1)=C1CNC1. The van der Waals surface area contributed by atoms with Gasteiger partial charge in [0.25, 0.3) is 0 Å². The fourth-order valence-electron chi connectivity index (χ4n) is 2.22. The standard InChI is InChI=1S/C14H26N2/c1-11(2)6-7-16(14-4-5-14)10-12(3)13-8-15-9-13/h11,14-15H,4-10H2,1-3H3. The van der Waals surface area contributed by atoms with Gasteiger partial charge in [0.15, 0.2) is 0 Å². The van der Waals surface area contributed by atoms with Gasteiger partial charge in [-0.1, -0.05) is 19.4 Å². The van der Waals surface area contributed by atoms with Gasteiger partial charge in [-0.3, -0.25) is 4.90 Å². The third-order valence-corrected chi connectivity index (χ3v) is 3.78. The van der Waals surface area contributed by atoms with Gasteiger partial charge in [0.1, 0.15) is 0 Å². The predicted molar refractivity (Wildman–Crippen MR) is 69.6 cm³/mol. The average molecular weight is 222 g/mol. The lowest BCUT2D eigenvalue weighted by atomic mass is 10.0. The Kier molecular flexibility index (Phi) is 4.04. The van der Waals surface area contributed by atoms with Gasteiger partial charge < -0.3 is 5.32 Å². The molecule has 2 fully saturated rings. The molecule has 0 aromatic carbocycles. The monoisotopic (exact) mass is 222 g/mol. The molecule has 0 atom stereocenters. The Bertz CT molecular complexity index is 258. The van der Waals surface area contributed by atoms with E-state index in [1.54, 1.807) is 11.1 Å². The predicted octanol–water partition coefficient (Wildman–Crippen LogP) is 2.42. The van der Waals surface area contributed by atoms with E-state index in [2.05, 4.69) is 31.0 Å². The smallest absolute Gasteiger partial charge is 0.0196 e. The van der Waals surface area contributed by atoms with Crippen molar-refractivity contribution in [2.45, 2.75) is 46.1 Å². The van der Waals surface area contributed by atoms with E-state index < -0.39 is 0 Å². The topological polar surface area (TPSA) is 15.3 Å². The number of nitrogens with one attached hydrogen (secondary N) is 1. The molecule has 0 aromatic rings. The first-order valence-electron chi connectivity index (χ1n) is 6.79. The molecular weight excluding hydrogens is 196 g/mol. The maximum atomic E-state index is 3.33. The van der Waals surface area contributed by atoms with Crippen molar-refractivity contribution in [2.75, 3.05) is 26.2 Å². The number of hydrogen-bond acceptors (Lipinski definition) is 2. The van der Waals surface area contributed by atoms with Crippen molar-refractivity contribution in [2.24, 2.45) is 5.92 Å². The van der Waals surface area contributed by atoms with Crippen molar-refractivity contribution in [1.29, 1.82) is 0 Å². The maximum absolute atomic E-state index is 3.33. The van der Waals surface area contributed by atoms with Gasteiger partial charge in [0.2, 0.25) is 0 Å². The highest BCUT2D eigenvalue weighted by Crippen LogP contribution is 2.28. The van der Waals surface area contributed by atoms with E-state index in [1.807, 2.05) is 0 Å². The normalized spacial score (nSPS) is 20.4. The Morgan fingerprint density at radius 2 is 2.06 bits per heavy atom. The molecule has 2 aliphatic rings. The fraction of sp³-hybridized carbons (Fsp3) is 0.857. The van der Waals surface area contributed by atoms with E-state index in [9.17, 15) is 0 Å². The molecule has 92 valence electrons. The summed E-state index contributed by atoms with van der Waals surface area (Å²) in [5.74, 6) is 0.833. The van der Waals surface area contributed by atoms with E-state index in [-0.39, 0.29) is 0 Å². The number of rotatable bonds is 6. The second-order valence-corrected chi connectivity index (χ2v) is 5.87. The minimum absolute atomic E-state index is 0.833. The highest BCUT2D eigenvalue weighted by Gasteiger charge is 2.29. The molecule has 2 nitrogen and oxygen atoms in total. The van der Waals surface area contributed by atoms with Gasteiger partial charge in [-0.15, -0.1) is 0 Å². The third kappa shape index (κ3) is 3.33. The first-order valence-corrected chi connectivity index (χ1v) is 6.79. The van der Waals surface area contributed by atoms with Crippen molar-refractivity contribution < 1.29 is 0 Å². The summed E-state index contributed by atoms with van der Waals surface area (Å²) in [5.41, 5.74) is 3.27. The summed E-state index contributed by atoms with van der Waals surface area (Å²) >= 11 is 0. The van der Waals surface area contributed by atoms with Gasteiger partial charge in [-0.2, -0.15) is 0 Å². The van der Waals surface area contributed by atoms with Crippen LogP contribution in [0, 0.1) is 5.92 Å². The summed E-state index contributed by atoms with van der Waals surface area (Å²) in [4.78, 5) is 2.71. The molecule has 1 aliphatic carbocycles. The van der Waals surface area contributed by atoms with Gasteiger partial charge in [-0.05, 0) is 44.2 Å². The van der Waals surface area contributed by atoms with Crippen LogP contribution in [0.3, 0.4) is 0 Å². The van der Waals surface area contributed by atoms with Gasteiger partial charge in [0, 0.05) is 25.7 Å². The van der Waals surface area contributed by atoms with Crippen LogP contribution < -0.4 is 5.32 Å². The number of hydrogen-bond donors (Lipinski definition) is 1. The molecule has 2 heteroatoms. The molecule has 1 aliphatic heterocycles. The first-order chi connectivity index (χ1) is 7.66. The molecule has 16 heavy (non-hydrogen) atoms. The van der Waals surface area contributed by atoms with Crippen molar-refractivity contribution in [3.63, 3.8) is 0 Å². The van der Waals surface area contributed by atoms with E-state index in [0.717, 1.165) is 25.0 Å². The van der Waals surface area contributed by atoms with Crippen LogP contribution in [0.2, 0.25) is 0 Å². The molecule has 0 amide bonds. The van der Waals surface area contributed by atoms with Crippen LogP contribution in [-0.4, -0.2) is 37.1 Å². The largest absolute Gasteiger partial charge is 0.309 e. The number of nitrogens with zero attached hydrogens (tertiary/aromatic N) is 1. The van der Waals surface area contributed by atoms with Gasteiger partial charge in [-0.25, -0.2) is 0 Å². The van der Waals surface area contributed by atoms with Crippen LogP contribution in [0.1, 0.15) is 40.0 Å². The molecule has 1 heterocycles. The molecule has 0 bridgehead atoms. The Morgan fingerprint density at radius 1 is 1.38 bits per heavy atom. The van der Waals surface area contributed by atoms with Crippen molar-refractivity contribution in [3.05, 3.63) is 11.1 Å². The van der Waals surface area contributed by atoms with Gasteiger partial charge in [0.05, 0.1) is 0 Å². The zero-order valence-corrected chi connectivity index (χ0v) is 11.1. The summed E-state index contributed by atoms with van der Waals surface area (Å²) in [6, 6.07) is 0.905. The highest BCUT2D eigenvalue weighted by molar-refractivity contribution is 5.22. The van der Waals surface area contributed by atoms with E-state index in [0.29, 0.717) is 0 Å². The molecule has 1 N–H and O–H groups in total. The van der Waals surface area contributed by atoms with E-state index in [4.69, 9.17) is 0 Å². The second-order valence-electron chi connectivity index (χ2n) is 5.87. The molecule has 0 unspecified atom stereocenters. The maximum Gasteiger partial charge on any atom is 0.0196 e. The lowest BCUT2D eigenvalue weighted by molar-refractivity contribution is 0.266. The molecular formula is C14H26N2. The summed E-state index contributed by atoms with van der Waals surface area (Å²) in [6.45, 7) is 11.7. The summed E-state index contributed by atoms with van der Waals surface area (Å²) in [5, 5.41) is 3.33. The van der Waals surface area contributed by atoms with Crippen molar-refractivity contribution >= 4 is 0 Å². The third-order valence-electron chi connectivity index (χ3n) is 3.78. The van der Waals surface area contributed by atoms with Crippen LogP contribution in [-0.2, 0) is 0 Å². The summed E-state index contributed by atoms with van der Waals surface area (Å²) in [6.07, 6.45) is 4.20. The van der Waals surface area contributed by atoms with Crippen LogP contribution in [0.15, 0.2) is 11.1 Å². The van der Waals surface area contributed by atoms with Crippen LogP contribution >= 0.6 is 0 Å². The van der Waals surface area contributed by atoms with Crippen LogP contribution in [0.5, 0.6) is 0 Å². The molecule has 0 radical (unpaired) electrons. The fourth-order valence-corrected chi connectivity index (χ4v) is 2.22. The minimum atomic E-state index is 0.833. The highest BCUT2D eigenvalue weighted by atomic mass is 15.2. The van der Waals surface area contributed by atoms with Crippen molar-refractivity contribution in [3.8, 4) is 0 Å². The van der Waals surface area contributed by atoms with Crippen LogP contribution in [0.25, 0.3) is 0 Å². The zero-order valence-electron chi connectivity index (χ0n) is 11.1. The lowest BCUT2D eigenvalue weighted by Crippen LogP contribution is -2.37. The zero-order chi connectivity index (χ0) is 11.5. The molecule has 1 saturated heterocycles. The van der Waals surface area contributed by atoms with E-state index in [1.165, 1.54) is 32.4 Å². The minimum Gasteiger partial charge on any atom is -0.309 e.